The molecule has 0 atom stereocenters. The van der Waals surface area contributed by atoms with Crippen LogP contribution in [-0.2, 0) is 4.43 Å². The lowest BCUT2D eigenvalue weighted by Crippen LogP contribution is -2.37. The number of amides is 1. The first-order valence-corrected chi connectivity index (χ1v) is 15.4. The van der Waals surface area contributed by atoms with Crippen LogP contribution in [0.4, 0.5) is 0 Å². The van der Waals surface area contributed by atoms with E-state index in [0.29, 0.717) is 25.3 Å². The van der Waals surface area contributed by atoms with Crippen molar-refractivity contribution in [3.63, 3.8) is 0 Å². The van der Waals surface area contributed by atoms with Gasteiger partial charge in [0.25, 0.3) is 5.91 Å². The Morgan fingerprint density at radius 1 is 1.08 bits per heavy atom. The molecule has 1 aromatic carbocycles. The number of hydrogen-bond acceptors (Lipinski definition) is 2. The summed E-state index contributed by atoms with van der Waals surface area (Å²) in [5.74, 6) is 3.23. The quantitative estimate of drug-likeness (QED) is 0.562. The predicted molar refractivity (Wildman–Crippen MR) is 108 cm³/mol. The van der Waals surface area contributed by atoms with E-state index in [4.69, 9.17) is 4.43 Å². The minimum atomic E-state index is -1.57. The second-order valence-electron chi connectivity index (χ2n) is 8.11. The van der Waals surface area contributed by atoms with Crippen LogP contribution in [0.3, 0.4) is 0 Å². The Labute approximate surface area is 149 Å². The Morgan fingerprint density at radius 2 is 1.67 bits per heavy atom. The fraction of sp³-hybridized carbons (Fsp3) is 0.526. The molecule has 0 unspecified atom stereocenters. The van der Waals surface area contributed by atoms with Gasteiger partial charge in [0.15, 0.2) is 8.32 Å². The van der Waals surface area contributed by atoms with Crippen LogP contribution >= 0.6 is 0 Å². The lowest BCUT2D eigenvalue weighted by Gasteiger charge is -2.24. The Morgan fingerprint density at radius 3 is 2.17 bits per heavy atom. The largest absolute Gasteiger partial charge is 0.416 e. The van der Waals surface area contributed by atoms with E-state index in [1.54, 1.807) is 4.90 Å². The van der Waals surface area contributed by atoms with Gasteiger partial charge in [0.2, 0.25) is 0 Å². The van der Waals surface area contributed by atoms with E-state index in [-0.39, 0.29) is 5.91 Å². The van der Waals surface area contributed by atoms with E-state index in [1.807, 2.05) is 31.2 Å². The second-order valence-corrected chi connectivity index (χ2v) is 17.4. The summed E-state index contributed by atoms with van der Waals surface area (Å²) in [5, 5.41) is 0. The van der Waals surface area contributed by atoms with Gasteiger partial charge in [-0.3, -0.25) is 4.79 Å². The van der Waals surface area contributed by atoms with Gasteiger partial charge >= 0.3 is 0 Å². The monoisotopic (exact) mass is 361 g/mol. The first-order chi connectivity index (χ1) is 11.0. The van der Waals surface area contributed by atoms with Crippen LogP contribution in [0.5, 0.6) is 0 Å². The molecule has 0 N–H and O–H groups in total. The van der Waals surface area contributed by atoms with Crippen LogP contribution in [0.15, 0.2) is 24.3 Å². The number of nitrogens with zero attached hydrogens (tertiary/aromatic N) is 1. The van der Waals surface area contributed by atoms with Crippen molar-refractivity contribution in [2.75, 3.05) is 19.7 Å². The lowest BCUT2D eigenvalue weighted by molar-refractivity contribution is 0.0751. The fourth-order valence-corrected chi connectivity index (χ4v) is 3.31. The molecule has 3 nitrogen and oxygen atoms in total. The number of aryl methyl sites for hydroxylation is 1. The third-order valence-corrected chi connectivity index (χ3v) is 5.21. The van der Waals surface area contributed by atoms with Crippen molar-refractivity contribution < 1.29 is 9.22 Å². The zero-order valence-electron chi connectivity index (χ0n) is 16.2. The molecular formula is C19H31NO2Si2. The summed E-state index contributed by atoms with van der Waals surface area (Å²) < 4.78 is 5.92. The van der Waals surface area contributed by atoms with Gasteiger partial charge in [0.05, 0.1) is 13.2 Å². The Bertz CT molecular complexity index is 601. The smallest absolute Gasteiger partial charge is 0.254 e. The van der Waals surface area contributed by atoms with Crippen LogP contribution in [0.1, 0.15) is 15.9 Å². The van der Waals surface area contributed by atoms with Crippen LogP contribution in [0.25, 0.3) is 0 Å². The van der Waals surface area contributed by atoms with Crippen LogP contribution in [0.2, 0.25) is 39.3 Å². The predicted octanol–water partition coefficient (Wildman–Crippen LogP) is 4.17. The molecule has 0 heterocycles. The van der Waals surface area contributed by atoms with E-state index >= 15 is 0 Å². The number of carbonyl (C=O) groups excluding carboxylic acids is 1. The van der Waals surface area contributed by atoms with Crippen LogP contribution in [0, 0.1) is 18.4 Å². The zero-order chi connectivity index (χ0) is 18.4. The van der Waals surface area contributed by atoms with E-state index in [1.165, 1.54) is 0 Å². The van der Waals surface area contributed by atoms with Crippen molar-refractivity contribution in [1.29, 1.82) is 0 Å². The molecule has 0 aliphatic heterocycles. The maximum Gasteiger partial charge on any atom is 0.254 e. The van der Waals surface area contributed by atoms with Gasteiger partial charge in [-0.15, -0.1) is 5.54 Å². The Kier molecular flexibility index (Phi) is 7.46. The first kappa shape index (κ1) is 20.7. The third kappa shape index (κ3) is 8.48. The molecule has 0 aliphatic carbocycles. The number of benzene rings is 1. The summed E-state index contributed by atoms with van der Waals surface area (Å²) in [5.41, 5.74) is 5.20. The van der Waals surface area contributed by atoms with Gasteiger partial charge in [-0.2, -0.15) is 0 Å². The SMILES string of the molecule is Cc1ccc(C(=O)N(CC#C[Si](C)(C)C)CCO[Si](C)(C)C)cc1. The van der Waals surface area contributed by atoms with Crippen molar-refractivity contribution in [2.45, 2.75) is 46.2 Å². The molecule has 0 saturated heterocycles. The van der Waals surface area contributed by atoms with Crippen molar-refractivity contribution >= 4 is 22.3 Å². The molecular weight excluding hydrogens is 330 g/mol. The van der Waals surface area contributed by atoms with Gasteiger partial charge in [-0.1, -0.05) is 43.3 Å². The highest BCUT2D eigenvalue weighted by atomic mass is 28.4. The van der Waals surface area contributed by atoms with Gasteiger partial charge in [-0.05, 0) is 38.7 Å². The molecule has 0 saturated carbocycles. The molecule has 5 heteroatoms. The molecule has 0 radical (unpaired) electrons. The topological polar surface area (TPSA) is 29.5 Å². The van der Waals surface area contributed by atoms with Gasteiger partial charge < -0.3 is 9.33 Å². The van der Waals surface area contributed by atoms with Gasteiger partial charge in [0.1, 0.15) is 8.07 Å². The Balaban J connectivity index is 2.84. The minimum absolute atomic E-state index is 0.0269. The highest BCUT2D eigenvalue weighted by Gasteiger charge is 2.18. The molecule has 1 amide bonds. The molecule has 1 rings (SSSR count). The van der Waals surface area contributed by atoms with Gasteiger partial charge in [0, 0.05) is 12.1 Å². The number of hydrogen-bond donors (Lipinski definition) is 0. The van der Waals surface area contributed by atoms with E-state index in [2.05, 4.69) is 50.7 Å². The van der Waals surface area contributed by atoms with Crippen LogP contribution < -0.4 is 0 Å². The van der Waals surface area contributed by atoms with Crippen molar-refractivity contribution in [3.05, 3.63) is 35.4 Å². The summed E-state index contributed by atoms with van der Waals surface area (Å²) in [6, 6.07) is 7.71. The normalized spacial score (nSPS) is 11.6. The van der Waals surface area contributed by atoms with Crippen molar-refractivity contribution in [1.82, 2.24) is 4.90 Å². The third-order valence-electron chi connectivity index (χ3n) is 3.22. The maximum absolute atomic E-state index is 12.8. The summed E-state index contributed by atoms with van der Waals surface area (Å²) in [4.78, 5) is 14.6. The number of carbonyl (C=O) groups is 1. The van der Waals surface area contributed by atoms with E-state index in [9.17, 15) is 4.79 Å². The molecule has 0 bridgehead atoms. The van der Waals surface area contributed by atoms with Crippen molar-refractivity contribution in [2.24, 2.45) is 0 Å². The highest BCUT2D eigenvalue weighted by Crippen LogP contribution is 2.08. The molecule has 24 heavy (non-hydrogen) atoms. The van der Waals surface area contributed by atoms with Gasteiger partial charge in [-0.25, -0.2) is 0 Å². The minimum Gasteiger partial charge on any atom is -0.416 e. The molecule has 0 fully saturated rings. The lowest BCUT2D eigenvalue weighted by atomic mass is 10.1. The Hall–Kier alpha value is -1.36. The average molecular weight is 362 g/mol. The standard InChI is InChI=1S/C19H31NO2Si2/c1-17-9-11-18(12-10-17)19(21)20(13-8-16-23(2,3)4)14-15-22-24(5,6)7/h9-12H,13-15H2,1-7H3. The summed E-state index contributed by atoms with van der Waals surface area (Å²) >= 11 is 0. The maximum atomic E-state index is 12.8. The molecule has 0 aliphatic rings. The first-order valence-electron chi connectivity index (χ1n) is 8.48. The zero-order valence-corrected chi connectivity index (χ0v) is 18.2. The highest BCUT2D eigenvalue weighted by molar-refractivity contribution is 6.83. The summed E-state index contributed by atoms with van der Waals surface area (Å²) in [6.45, 7) is 16.7. The second kappa shape index (κ2) is 8.66. The number of rotatable bonds is 6. The average Bonchev–Trinajstić information content (AvgIpc) is 2.43. The fourth-order valence-electron chi connectivity index (χ4n) is 1.99. The van der Waals surface area contributed by atoms with E-state index < -0.39 is 16.4 Å². The summed E-state index contributed by atoms with van der Waals surface area (Å²) in [7, 11) is -3.00. The molecule has 0 spiro atoms. The van der Waals surface area contributed by atoms with Crippen LogP contribution in [-0.4, -0.2) is 46.9 Å². The molecule has 0 aromatic heterocycles. The molecule has 132 valence electrons. The molecule has 1 aromatic rings. The van der Waals surface area contributed by atoms with E-state index in [0.717, 1.165) is 5.56 Å². The van der Waals surface area contributed by atoms with Crippen molar-refractivity contribution in [3.8, 4) is 11.5 Å². The summed E-state index contributed by atoms with van der Waals surface area (Å²) in [6.07, 6.45) is 0.